The summed E-state index contributed by atoms with van der Waals surface area (Å²) in [5.74, 6) is -1.31. The van der Waals surface area contributed by atoms with E-state index in [2.05, 4.69) is 0 Å². The molecular weight excluding hydrogens is 275 g/mol. The van der Waals surface area contributed by atoms with Gasteiger partial charge in [-0.25, -0.2) is 4.39 Å². The van der Waals surface area contributed by atoms with E-state index in [-0.39, 0.29) is 31.1 Å². The molecule has 21 heavy (non-hydrogen) atoms. The molecule has 1 unspecified atom stereocenters. The molecule has 1 aliphatic rings. The summed E-state index contributed by atoms with van der Waals surface area (Å²) in [6.07, 6.45) is 3.69. The third-order valence-corrected chi connectivity index (χ3v) is 3.53. The third-order valence-electron chi connectivity index (χ3n) is 3.53. The molecule has 6 heteroatoms. The van der Waals surface area contributed by atoms with E-state index < -0.39 is 11.5 Å². The number of hydrogen-bond acceptors (Lipinski definition) is 3. The van der Waals surface area contributed by atoms with Gasteiger partial charge in [0.05, 0.1) is 6.54 Å². The zero-order valence-corrected chi connectivity index (χ0v) is 11.5. The van der Waals surface area contributed by atoms with Crippen LogP contribution in [0.4, 0.5) is 4.39 Å². The number of nitrogens with zero attached hydrogens (tertiary/aromatic N) is 1. The van der Waals surface area contributed by atoms with Crippen LogP contribution in [0, 0.1) is 5.82 Å². The molecule has 0 bridgehead atoms. The van der Waals surface area contributed by atoms with E-state index in [0.29, 0.717) is 6.54 Å². The number of carbonyl (C=O) groups excluding carboxylic acids is 2. The quantitative estimate of drug-likeness (QED) is 0.856. The summed E-state index contributed by atoms with van der Waals surface area (Å²) in [7, 11) is 0. The number of rotatable bonds is 4. The van der Waals surface area contributed by atoms with Crippen molar-refractivity contribution in [3.05, 3.63) is 41.7 Å². The van der Waals surface area contributed by atoms with Crippen molar-refractivity contribution in [2.24, 2.45) is 5.73 Å². The number of amides is 2. The van der Waals surface area contributed by atoms with Crippen LogP contribution in [0.25, 0.3) is 6.08 Å². The smallest absolute Gasteiger partial charge is 0.251 e. The number of benzene rings is 1. The molecule has 1 heterocycles. The van der Waals surface area contributed by atoms with Gasteiger partial charge < -0.3 is 15.7 Å². The highest BCUT2D eigenvalue weighted by atomic mass is 19.1. The number of β-amino-alcohol motifs (C(OH)–C–C–N with tert-alkyl or cyclic N) is 1. The summed E-state index contributed by atoms with van der Waals surface area (Å²) >= 11 is 0. The van der Waals surface area contributed by atoms with Crippen molar-refractivity contribution < 1.29 is 19.1 Å². The minimum atomic E-state index is -1.61. The highest BCUT2D eigenvalue weighted by Gasteiger charge is 2.42. The van der Waals surface area contributed by atoms with Crippen molar-refractivity contribution in [2.45, 2.75) is 18.4 Å². The highest BCUT2D eigenvalue weighted by molar-refractivity contribution is 5.86. The summed E-state index contributed by atoms with van der Waals surface area (Å²) in [6.45, 7) is 0.244. The summed E-state index contributed by atoms with van der Waals surface area (Å²) in [4.78, 5) is 24.5. The fourth-order valence-electron chi connectivity index (χ4n) is 2.21. The van der Waals surface area contributed by atoms with Crippen LogP contribution in [0.15, 0.2) is 30.3 Å². The molecule has 1 aromatic rings. The maximum atomic E-state index is 12.7. The van der Waals surface area contributed by atoms with Crippen LogP contribution in [0.2, 0.25) is 0 Å². The van der Waals surface area contributed by atoms with E-state index in [1.54, 1.807) is 24.3 Å². The second-order valence-electron chi connectivity index (χ2n) is 5.12. The molecule has 0 radical (unpaired) electrons. The molecule has 5 nitrogen and oxygen atoms in total. The zero-order valence-electron chi connectivity index (χ0n) is 11.5. The predicted molar refractivity (Wildman–Crippen MR) is 75.4 cm³/mol. The highest BCUT2D eigenvalue weighted by Crippen LogP contribution is 2.21. The van der Waals surface area contributed by atoms with Crippen molar-refractivity contribution in [2.75, 3.05) is 13.1 Å². The first-order valence-electron chi connectivity index (χ1n) is 6.63. The first kappa shape index (κ1) is 15.2. The van der Waals surface area contributed by atoms with Crippen molar-refractivity contribution >= 4 is 17.9 Å². The SMILES string of the molecule is NC(=O)C1(O)CCN(C(=O)C/C=C/c2ccc(F)cc2)C1. The molecule has 2 amide bonds. The lowest BCUT2D eigenvalue weighted by Gasteiger charge is -2.19. The number of primary amides is 1. The number of halogens is 1. The Bertz CT molecular complexity index is 571. The Morgan fingerprint density at radius 1 is 1.38 bits per heavy atom. The van der Waals surface area contributed by atoms with Crippen LogP contribution in [-0.4, -0.2) is 40.5 Å². The molecule has 0 saturated carbocycles. The molecular formula is C15H17FN2O3. The van der Waals surface area contributed by atoms with Gasteiger partial charge in [0.2, 0.25) is 5.91 Å². The van der Waals surface area contributed by atoms with E-state index in [1.165, 1.54) is 17.0 Å². The van der Waals surface area contributed by atoms with Gasteiger partial charge in [-0.05, 0) is 17.7 Å². The topological polar surface area (TPSA) is 83.6 Å². The average Bonchev–Trinajstić information content (AvgIpc) is 2.85. The van der Waals surface area contributed by atoms with Gasteiger partial charge in [-0.3, -0.25) is 9.59 Å². The largest absolute Gasteiger partial charge is 0.378 e. The van der Waals surface area contributed by atoms with Gasteiger partial charge in [0.15, 0.2) is 5.60 Å². The number of carbonyl (C=O) groups is 2. The standard InChI is InChI=1S/C15H17FN2O3/c16-12-6-4-11(5-7-12)2-1-3-13(19)18-9-8-15(21,10-18)14(17)20/h1-2,4-7,21H,3,8-10H2,(H2,17,20)/b2-1+. The Balaban J connectivity index is 1.88. The lowest BCUT2D eigenvalue weighted by atomic mass is 10.0. The Kier molecular flexibility index (Phi) is 4.37. The van der Waals surface area contributed by atoms with Crippen LogP contribution in [0.5, 0.6) is 0 Å². The van der Waals surface area contributed by atoms with Crippen LogP contribution < -0.4 is 5.73 Å². The van der Waals surface area contributed by atoms with E-state index in [9.17, 15) is 19.1 Å². The first-order chi connectivity index (χ1) is 9.90. The molecule has 1 aliphatic heterocycles. The van der Waals surface area contributed by atoms with Crippen molar-refractivity contribution in [3.8, 4) is 0 Å². The predicted octanol–water partition coefficient (Wildman–Crippen LogP) is 0.678. The van der Waals surface area contributed by atoms with Crippen LogP contribution in [0.1, 0.15) is 18.4 Å². The van der Waals surface area contributed by atoms with Crippen LogP contribution in [-0.2, 0) is 9.59 Å². The molecule has 3 N–H and O–H groups in total. The summed E-state index contributed by atoms with van der Waals surface area (Å²) < 4.78 is 12.7. The van der Waals surface area contributed by atoms with Crippen molar-refractivity contribution in [1.29, 1.82) is 0 Å². The van der Waals surface area contributed by atoms with Gasteiger partial charge in [0.1, 0.15) is 5.82 Å². The molecule has 0 aromatic heterocycles. The lowest BCUT2D eigenvalue weighted by Crippen LogP contribution is -2.46. The second kappa shape index (κ2) is 6.05. The summed E-state index contributed by atoms with van der Waals surface area (Å²) in [5.41, 5.74) is 4.29. The number of likely N-dealkylation sites (tertiary alicyclic amines) is 1. The van der Waals surface area contributed by atoms with Gasteiger partial charge in [-0.1, -0.05) is 24.3 Å². The monoisotopic (exact) mass is 292 g/mol. The van der Waals surface area contributed by atoms with Gasteiger partial charge in [0.25, 0.3) is 5.91 Å². The van der Waals surface area contributed by atoms with Gasteiger partial charge in [-0.2, -0.15) is 0 Å². The maximum absolute atomic E-state index is 12.7. The zero-order chi connectivity index (χ0) is 15.5. The Labute approximate surface area is 121 Å². The molecule has 0 spiro atoms. The van der Waals surface area contributed by atoms with E-state index in [0.717, 1.165) is 5.56 Å². The molecule has 1 saturated heterocycles. The number of hydrogen-bond donors (Lipinski definition) is 2. The molecule has 1 fully saturated rings. The van der Waals surface area contributed by atoms with Crippen LogP contribution in [0.3, 0.4) is 0 Å². The molecule has 2 rings (SSSR count). The third kappa shape index (κ3) is 3.66. The Hall–Kier alpha value is -2.21. The summed E-state index contributed by atoms with van der Waals surface area (Å²) in [6, 6.07) is 5.90. The second-order valence-corrected chi connectivity index (χ2v) is 5.12. The lowest BCUT2D eigenvalue weighted by molar-refractivity contribution is -0.137. The molecule has 1 aromatic carbocycles. The summed E-state index contributed by atoms with van der Waals surface area (Å²) in [5, 5.41) is 9.90. The molecule has 0 aliphatic carbocycles. The minimum absolute atomic E-state index is 0.0639. The molecule has 112 valence electrons. The Morgan fingerprint density at radius 2 is 2.05 bits per heavy atom. The number of aliphatic hydroxyl groups is 1. The van der Waals surface area contributed by atoms with E-state index >= 15 is 0 Å². The maximum Gasteiger partial charge on any atom is 0.251 e. The van der Waals surface area contributed by atoms with E-state index in [4.69, 9.17) is 5.73 Å². The van der Waals surface area contributed by atoms with Crippen molar-refractivity contribution in [1.82, 2.24) is 4.90 Å². The first-order valence-corrected chi connectivity index (χ1v) is 6.63. The fraction of sp³-hybridized carbons (Fsp3) is 0.333. The fourth-order valence-corrected chi connectivity index (χ4v) is 2.21. The van der Waals surface area contributed by atoms with Gasteiger partial charge in [-0.15, -0.1) is 0 Å². The van der Waals surface area contributed by atoms with E-state index in [1.807, 2.05) is 0 Å². The van der Waals surface area contributed by atoms with Gasteiger partial charge in [0, 0.05) is 19.4 Å². The Morgan fingerprint density at radius 3 is 2.62 bits per heavy atom. The average molecular weight is 292 g/mol. The van der Waals surface area contributed by atoms with Gasteiger partial charge >= 0.3 is 0 Å². The minimum Gasteiger partial charge on any atom is -0.378 e. The normalized spacial score (nSPS) is 21.9. The van der Waals surface area contributed by atoms with Crippen molar-refractivity contribution in [3.63, 3.8) is 0 Å². The molecule has 1 atom stereocenters. The number of nitrogens with two attached hydrogens (primary N) is 1. The van der Waals surface area contributed by atoms with Crippen LogP contribution >= 0.6 is 0 Å².